The van der Waals surface area contributed by atoms with Gasteiger partial charge < -0.3 is 14.6 Å². The first-order valence-corrected chi connectivity index (χ1v) is 9.76. The maximum atomic E-state index is 12.9. The molecular weight excluding hydrogens is 360 g/mol. The van der Waals surface area contributed by atoms with Crippen LogP contribution in [0.2, 0.25) is 0 Å². The molecule has 0 fully saturated rings. The maximum Gasteiger partial charge on any atom is 0.260 e. The predicted octanol–water partition coefficient (Wildman–Crippen LogP) is 3.97. The van der Waals surface area contributed by atoms with Crippen molar-refractivity contribution in [1.29, 1.82) is 0 Å². The van der Waals surface area contributed by atoms with E-state index in [1.54, 1.807) is 11.7 Å². The molecule has 0 bridgehead atoms. The van der Waals surface area contributed by atoms with Crippen molar-refractivity contribution < 1.29 is 9.53 Å². The standard InChI is InChI=1S/C21H24N2O3S/c1-13(2)12-23-10-9-17-19(21(23)25)18(14(3)27-17)20(24)22-11-15-5-7-16(26-4)8-6-15/h5-10,13H,11-12H2,1-4H3,(H,22,24). The molecule has 0 unspecified atom stereocenters. The molecule has 1 N–H and O–H groups in total. The van der Waals surface area contributed by atoms with E-state index in [-0.39, 0.29) is 11.5 Å². The summed E-state index contributed by atoms with van der Waals surface area (Å²) in [4.78, 5) is 26.6. The van der Waals surface area contributed by atoms with E-state index in [4.69, 9.17) is 4.74 Å². The zero-order valence-corrected chi connectivity index (χ0v) is 16.9. The van der Waals surface area contributed by atoms with Gasteiger partial charge >= 0.3 is 0 Å². The summed E-state index contributed by atoms with van der Waals surface area (Å²) in [5.74, 6) is 0.914. The van der Waals surface area contributed by atoms with Gasteiger partial charge in [-0.15, -0.1) is 11.3 Å². The van der Waals surface area contributed by atoms with Crippen molar-refractivity contribution in [1.82, 2.24) is 9.88 Å². The summed E-state index contributed by atoms with van der Waals surface area (Å²) in [6.45, 7) is 7.05. The number of carbonyl (C=O) groups is 1. The third-order valence-corrected chi connectivity index (χ3v) is 5.46. The number of nitrogens with zero attached hydrogens (tertiary/aromatic N) is 1. The number of carbonyl (C=O) groups excluding carboxylic acids is 1. The van der Waals surface area contributed by atoms with Crippen LogP contribution in [-0.4, -0.2) is 17.6 Å². The highest BCUT2D eigenvalue weighted by molar-refractivity contribution is 7.19. The Bertz CT molecular complexity index is 1020. The van der Waals surface area contributed by atoms with Gasteiger partial charge in [0.2, 0.25) is 0 Å². The number of pyridine rings is 1. The average Bonchev–Trinajstić information content (AvgIpc) is 2.99. The molecule has 0 saturated carbocycles. The number of amides is 1. The lowest BCUT2D eigenvalue weighted by molar-refractivity contribution is 0.0952. The van der Waals surface area contributed by atoms with Crippen LogP contribution in [0.5, 0.6) is 5.75 Å². The number of rotatable bonds is 6. The van der Waals surface area contributed by atoms with Crippen LogP contribution in [0, 0.1) is 12.8 Å². The molecule has 142 valence electrons. The molecule has 0 aliphatic rings. The molecular formula is C21H24N2O3S. The van der Waals surface area contributed by atoms with Gasteiger partial charge in [0.15, 0.2) is 0 Å². The Labute approximate surface area is 162 Å². The van der Waals surface area contributed by atoms with Gasteiger partial charge in [-0.3, -0.25) is 9.59 Å². The number of ether oxygens (including phenoxy) is 1. The zero-order chi connectivity index (χ0) is 19.6. The van der Waals surface area contributed by atoms with E-state index >= 15 is 0 Å². The van der Waals surface area contributed by atoms with Crippen LogP contribution in [0.3, 0.4) is 0 Å². The Hall–Kier alpha value is -2.60. The second-order valence-corrected chi connectivity index (χ2v) is 8.23. The number of thiophene rings is 1. The summed E-state index contributed by atoms with van der Waals surface area (Å²) < 4.78 is 7.69. The lowest BCUT2D eigenvalue weighted by Gasteiger charge is -2.10. The highest BCUT2D eigenvalue weighted by Crippen LogP contribution is 2.28. The zero-order valence-electron chi connectivity index (χ0n) is 16.0. The van der Waals surface area contributed by atoms with Gasteiger partial charge in [0, 0.05) is 28.9 Å². The van der Waals surface area contributed by atoms with Gasteiger partial charge in [-0.25, -0.2) is 0 Å². The maximum absolute atomic E-state index is 12.9. The predicted molar refractivity (Wildman–Crippen MR) is 110 cm³/mol. The normalized spacial score (nSPS) is 11.1. The van der Waals surface area contributed by atoms with Crippen LogP contribution >= 0.6 is 11.3 Å². The number of aromatic nitrogens is 1. The molecule has 0 saturated heterocycles. The highest BCUT2D eigenvalue weighted by Gasteiger charge is 2.20. The topological polar surface area (TPSA) is 60.3 Å². The van der Waals surface area contributed by atoms with Crippen LogP contribution in [0.25, 0.3) is 10.1 Å². The summed E-state index contributed by atoms with van der Waals surface area (Å²) >= 11 is 1.48. The molecule has 0 radical (unpaired) electrons. The van der Waals surface area contributed by atoms with Gasteiger partial charge in [0.25, 0.3) is 11.5 Å². The minimum Gasteiger partial charge on any atom is -0.497 e. The molecule has 1 amide bonds. The lowest BCUT2D eigenvalue weighted by atomic mass is 10.1. The monoisotopic (exact) mass is 384 g/mol. The number of nitrogens with one attached hydrogen (secondary N) is 1. The molecule has 0 aliphatic heterocycles. The number of aryl methyl sites for hydroxylation is 1. The smallest absolute Gasteiger partial charge is 0.260 e. The molecule has 0 spiro atoms. The van der Waals surface area contributed by atoms with Crippen LogP contribution < -0.4 is 15.6 Å². The summed E-state index contributed by atoms with van der Waals surface area (Å²) in [6.07, 6.45) is 1.82. The van der Waals surface area contributed by atoms with Crippen molar-refractivity contribution in [2.24, 2.45) is 5.92 Å². The van der Waals surface area contributed by atoms with Crippen LogP contribution in [-0.2, 0) is 13.1 Å². The lowest BCUT2D eigenvalue weighted by Crippen LogP contribution is -2.27. The first kappa shape index (κ1) is 19.2. The Morgan fingerprint density at radius 1 is 1.22 bits per heavy atom. The largest absolute Gasteiger partial charge is 0.497 e. The van der Waals surface area contributed by atoms with Gasteiger partial charge in [0.05, 0.1) is 18.1 Å². The number of hydrogen-bond acceptors (Lipinski definition) is 4. The number of methoxy groups -OCH3 is 1. The number of fused-ring (bicyclic) bond motifs is 1. The Morgan fingerprint density at radius 3 is 2.56 bits per heavy atom. The van der Waals surface area contributed by atoms with E-state index in [1.807, 2.05) is 43.5 Å². The minimum absolute atomic E-state index is 0.0971. The van der Waals surface area contributed by atoms with Crippen molar-refractivity contribution in [3.63, 3.8) is 0 Å². The molecule has 2 aromatic heterocycles. The van der Waals surface area contributed by atoms with Crippen molar-refractivity contribution in [3.05, 3.63) is 62.9 Å². The number of benzene rings is 1. The first-order chi connectivity index (χ1) is 12.9. The van der Waals surface area contributed by atoms with Gasteiger partial charge in [0.1, 0.15) is 5.75 Å². The fourth-order valence-corrected chi connectivity index (χ4v) is 4.14. The third-order valence-electron chi connectivity index (χ3n) is 4.39. The van der Waals surface area contributed by atoms with E-state index in [0.29, 0.717) is 30.0 Å². The van der Waals surface area contributed by atoms with E-state index in [9.17, 15) is 9.59 Å². The molecule has 6 heteroatoms. The molecule has 5 nitrogen and oxygen atoms in total. The Balaban J connectivity index is 1.89. The molecule has 3 aromatic rings. The molecule has 0 aliphatic carbocycles. The molecule has 3 rings (SSSR count). The average molecular weight is 385 g/mol. The van der Waals surface area contributed by atoms with Gasteiger partial charge in [-0.05, 0) is 36.6 Å². The fraction of sp³-hybridized carbons (Fsp3) is 0.333. The van der Waals surface area contributed by atoms with Crippen LogP contribution in [0.1, 0.15) is 34.6 Å². The van der Waals surface area contributed by atoms with E-state index in [2.05, 4.69) is 19.2 Å². The summed E-state index contributed by atoms with van der Waals surface area (Å²) in [7, 11) is 1.62. The third kappa shape index (κ3) is 4.06. The summed E-state index contributed by atoms with van der Waals surface area (Å²) in [5, 5.41) is 3.46. The second kappa shape index (κ2) is 7.96. The molecule has 1 aromatic carbocycles. The quantitative estimate of drug-likeness (QED) is 0.700. The Morgan fingerprint density at radius 2 is 1.93 bits per heavy atom. The molecule has 2 heterocycles. The molecule has 27 heavy (non-hydrogen) atoms. The van der Waals surface area contributed by atoms with Crippen LogP contribution in [0.15, 0.2) is 41.3 Å². The van der Waals surface area contributed by atoms with E-state index in [0.717, 1.165) is 20.9 Å². The second-order valence-electron chi connectivity index (χ2n) is 6.97. The summed E-state index contributed by atoms with van der Waals surface area (Å²) in [6, 6.07) is 9.46. The van der Waals surface area contributed by atoms with Gasteiger partial charge in [-0.1, -0.05) is 26.0 Å². The van der Waals surface area contributed by atoms with Crippen molar-refractivity contribution >= 4 is 27.3 Å². The highest BCUT2D eigenvalue weighted by atomic mass is 32.1. The van der Waals surface area contributed by atoms with Crippen molar-refractivity contribution in [3.8, 4) is 5.75 Å². The van der Waals surface area contributed by atoms with Crippen LogP contribution in [0.4, 0.5) is 0 Å². The minimum atomic E-state index is -0.214. The summed E-state index contributed by atoms with van der Waals surface area (Å²) in [5.41, 5.74) is 1.37. The Kier molecular flexibility index (Phi) is 5.65. The van der Waals surface area contributed by atoms with Gasteiger partial charge in [-0.2, -0.15) is 0 Å². The SMILES string of the molecule is COc1ccc(CNC(=O)c2c(C)sc3ccn(CC(C)C)c(=O)c23)cc1. The van der Waals surface area contributed by atoms with Crippen molar-refractivity contribution in [2.75, 3.05) is 7.11 Å². The molecule has 0 atom stereocenters. The fourth-order valence-electron chi connectivity index (χ4n) is 3.09. The van der Waals surface area contributed by atoms with Crippen molar-refractivity contribution in [2.45, 2.75) is 33.9 Å². The number of hydrogen-bond donors (Lipinski definition) is 1. The van der Waals surface area contributed by atoms with E-state index < -0.39 is 0 Å². The first-order valence-electron chi connectivity index (χ1n) is 8.94. The van der Waals surface area contributed by atoms with E-state index in [1.165, 1.54) is 11.3 Å².